The fourth-order valence-corrected chi connectivity index (χ4v) is 3.21. The molecule has 1 aliphatic rings. The summed E-state index contributed by atoms with van der Waals surface area (Å²) < 4.78 is 0.264. The highest BCUT2D eigenvalue weighted by atomic mass is 32.2. The molecule has 1 unspecified atom stereocenters. The average Bonchev–Trinajstić information content (AvgIpc) is 2.83. The van der Waals surface area contributed by atoms with E-state index in [0.717, 1.165) is 12.2 Å². The number of hydrazine groups is 1. The summed E-state index contributed by atoms with van der Waals surface area (Å²) in [7, 11) is 0. The number of benzene rings is 1. The van der Waals surface area contributed by atoms with Gasteiger partial charge in [-0.3, -0.25) is 10.4 Å². The number of rotatable bonds is 3. The molecule has 0 bridgehead atoms. The predicted octanol–water partition coefficient (Wildman–Crippen LogP) is 2.20. The predicted molar refractivity (Wildman–Crippen MR) is 79.8 cm³/mol. The van der Waals surface area contributed by atoms with E-state index in [9.17, 15) is 0 Å². The number of aliphatic imine (C=N–C) groups is 1. The van der Waals surface area contributed by atoms with Crippen LogP contribution in [0.5, 0.6) is 0 Å². The summed E-state index contributed by atoms with van der Waals surface area (Å²) in [4.78, 5) is 4.54. The van der Waals surface area contributed by atoms with E-state index in [1.54, 1.807) is 0 Å². The van der Waals surface area contributed by atoms with E-state index in [0.29, 0.717) is 5.96 Å². The van der Waals surface area contributed by atoms with Crippen molar-refractivity contribution in [2.75, 3.05) is 17.6 Å². The molecule has 1 aromatic rings. The van der Waals surface area contributed by atoms with Crippen molar-refractivity contribution in [2.45, 2.75) is 24.5 Å². The van der Waals surface area contributed by atoms with Crippen molar-refractivity contribution in [1.82, 2.24) is 5.43 Å². The fourth-order valence-electron chi connectivity index (χ4n) is 1.99. The highest BCUT2D eigenvalue weighted by Gasteiger charge is 2.29. The second kappa shape index (κ2) is 6.11. The van der Waals surface area contributed by atoms with Crippen molar-refractivity contribution in [3.63, 3.8) is 0 Å². The molecule has 0 aliphatic carbocycles. The first-order chi connectivity index (χ1) is 8.72. The molecule has 1 saturated heterocycles. The number of guanidine groups is 1. The van der Waals surface area contributed by atoms with Crippen molar-refractivity contribution in [1.29, 1.82) is 0 Å². The van der Waals surface area contributed by atoms with Crippen molar-refractivity contribution in [3.05, 3.63) is 30.3 Å². The third kappa shape index (κ3) is 3.65. The summed E-state index contributed by atoms with van der Waals surface area (Å²) in [6.07, 6.45) is 2.51. The summed E-state index contributed by atoms with van der Waals surface area (Å²) in [5, 5.41) is 3.17. The minimum atomic E-state index is 0.264. The number of hydrogen-bond donors (Lipinski definition) is 3. The van der Waals surface area contributed by atoms with Crippen molar-refractivity contribution in [3.8, 4) is 0 Å². The van der Waals surface area contributed by atoms with Crippen LogP contribution in [-0.4, -0.2) is 23.0 Å². The van der Waals surface area contributed by atoms with Gasteiger partial charge in [0.25, 0.3) is 0 Å². The first-order valence-corrected chi connectivity index (χ1v) is 7.17. The largest absolute Gasteiger partial charge is 0.325 e. The molecule has 5 heteroatoms. The normalized spacial score (nSPS) is 24.0. The first-order valence-electron chi connectivity index (χ1n) is 6.19. The number of anilines is 1. The van der Waals surface area contributed by atoms with Gasteiger partial charge >= 0.3 is 0 Å². The van der Waals surface area contributed by atoms with E-state index in [2.05, 4.69) is 22.7 Å². The van der Waals surface area contributed by atoms with Crippen LogP contribution in [0.3, 0.4) is 0 Å². The molecule has 0 saturated carbocycles. The minimum absolute atomic E-state index is 0.264. The van der Waals surface area contributed by atoms with Gasteiger partial charge in [-0.1, -0.05) is 18.2 Å². The Kier molecular flexibility index (Phi) is 4.49. The van der Waals surface area contributed by atoms with Gasteiger partial charge in [0.1, 0.15) is 0 Å². The first kappa shape index (κ1) is 13.2. The lowest BCUT2D eigenvalue weighted by Gasteiger charge is -2.20. The maximum absolute atomic E-state index is 5.50. The van der Waals surface area contributed by atoms with Crippen molar-refractivity contribution < 1.29 is 0 Å². The zero-order valence-corrected chi connectivity index (χ0v) is 11.5. The van der Waals surface area contributed by atoms with Crippen molar-refractivity contribution in [2.24, 2.45) is 10.8 Å². The van der Waals surface area contributed by atoms with E-state index >= 15 is 0 Å². The Bertz CT molecular complexity index is 399. The highest BCUT2D eigenvalue weighted by Crippen LogP contribution is 2.37. The number of nitrogens with one attached hydrogen (secondary N) is 2. The third-order valence-electron chi connectivity index (χ3n) is 3.05. The third-order valence-corrected chi connectivity index (χ3v) is 4.57. The molecule has 1 aromatic carbocycles. The molecule has 2 rings (SSSR count). The van der Waals surface area contributed by atoms with Crippen molar-refractivity contribution >= 4 is 23.4 Å². The van der Waals surface area contributed by atoms with Crippen LogP contribution in [0, 0.1) is 0 Å². The van der Waals surface area contributed by atoms with Crippen LogP contribution >= 0.6 is 11.8 Å². The Morgan fingerprint density at radius 3 is 2.83 bits per heavy atom. The molecule has 0 spiro atoms. The number of hydrogen-bond acceptors (Lipinski definition) is 3. The van der Waals surface area contributed by atoms with E-state index in [4.69, 9.17) is 5.84 Å². The molecule has 0 aromatic heterocycles. The number of thioether (sulfide) groups is 1. The Labute approximate surface area is 112 Å². The maximum Gasteiger partial charge on any atom is 0.210 e. The van der Waals surface area contributed by atoms with Crippen LogP contribution in [0.1, 0.15) is 19.8 Å². The molecular formula is C13H20N4S. The monoisotopic (exact) mass is 264 g/mol. The van der Waals surface area contributed by atoms with E-state index in [1.807, 2.05) is 42.1 Å². The Morgan fingerprint density at radius 2 is 2.22 bits per heavy atom. The van der Waals surface area contributed by atoms with Gasteiger partial charge in [0, 0.05) is 10.4 Å². The summed E-state index contributed by atoms with van der Waals surface area (Å²) in [5.41, 5.74) is 3.61. The van der Waals surface area contributed by atoms with Gasteiger partial charge in [-0.2, -0.15) is 11.8 Å². The van der Waals surface area contributed by atoms with Crippen LogP contribution in [-0.2, 0) is 0 Å². The molecule has 1 heterocycles. The van der Waals surface area contributed by atoms with Gasteiger partial charge in [0.05, 0.1) is 6.54 Å². The molecule has 0 radical (unpaired) electrons. The second-order valence-corrected chi connectivity index (χ2v) is 6.38. The highest BCUT2D eigenvalue weighted by molar-refractivity contribution is 8.00. The standard InChI is InChI=1S/C13H20N4S/c1-13(8-5-9-18-13)10-15-12(17-14)16-11-6-3-2-4-7-11/h2-4,6-7H,5,8-10,14H2,1H3,(H2,15,16,17). The molecule has 4 N–H and O–H groups in total. The van der Waals surface area contributed by atoms with Gasteiger partial charge in [-0.15, -0.1) is 0 Å². The average molecular weight is 264 g/mol. The van der Waals surface area contributed by atoms with E-state index in [1.165, 1.54) is 18.6 Å². The molecule has 4 nitrogen and oxygen atoms in total. The number of nitrogens with zero attached hydrogens (tertiary/aromatic N) is 1. The summed E-state index contributed by atoms with van der Waals surface area (Å²) >= 11 is 2.00. The SMILES string of the molecule is CC1(CN=C(NN)Nc2ccccc2)CCCS1. The van der Waals surface area contributed by atoms with Crippen LogP contribution in [0.25, 0.3) is 0 Å². The zero-order valence-electron chi connectivity index (χ0n) is 10.6. The molecule has 1 atom stereocenters. The Hall–Kier alpha value is -1.20. The summed E-state index contributed by atoms with van der Waals surface area (Å²) in [6.45, 7) is 3.06. The van der Waals surface area contributed by atoms with E-state index in [-0.39, 0.29) is 4.75 Å². The molecule has 1 fully saturated rings. The summed E-state index contributed by atoms with van der Waals surface area (Å²) in [6, 6.07) is 9.90. The number of nitrogens with two attached hydrogens (primary N) is 1. The smallest absolute Gasteiger partial charge is 0.210 e. The van der Waals surface area contributed by atoms with Gasteiger partial charge in [-0.25, -0.2) is 5.84 Å². The lowest BCUT2D eigenvalue weighted by Crippen LogP contribution is -2.37. The minimum Gasteiger partial charge on any atom is -0.325 e. The topological polar surface area (TPSA) is 62.4 Å². The van der Waals surface area contributed by atoms with Gasteiger partial charge < -0.3 is 5.32 Å². The zero-order chi connectivity index (χ0) is 12.8. The molecule has 18 heavy (non-hydrogen) atoms. The van der Waals surface area contributed by atoms with Gasteiger partial charge in [-0.05, 0) is 37.7 Å². The molecule has 0 amide bonds. The maximum atomic E-state index is 5.50. The van der Waals surface area contributed by atoms with E-state index < -0.39 is 0 Å². The van der Waals surface area contributed by atoms with Crippen LogP contribution in [0.4, 0.5) is 5.69 Å². The number of para-hydroxylation sites is 1. The van der Waals surface area contributed by atoms with Crippen LogP contribution in [0.15, 0.2) is 35.3 Å². The lowest BCUT2D eigenvalue weighted by atomic mass is 10.1. The second-order valence-electron chi connectivity index (χ2n) is 4.70. The Balaban J connectivity index is 1.96. The van der Waals surface area contributed by atoms with Gasteiger partial charge in [0.15, 0.2) is 0 Å². The van der Waals surface area contributed by atoms with Gasteiger partial charge in [0.2, 0.25) is 5.96 Å². The quantitative estimate of drug-likeness (QED) is 0.339. The molecule has 1 aliphatic heterocycles. The molecular weight excluding hydrogens is 244 g/mol. The van der Waals surface area contributed by atoms with Crippen LogP contribution < -0.4 is 16.6 Å². The fraction of sp³-hybridized carbons (Fsp3) is 0.462. The Morgan fingerprint density at radius 1 is 1.44 bits per heavy atom. The summed E-state index contributed by atoms with van der Waals surface area (Å²) in [5.74, 6) is 7.36. The lowest BCUT2D eigenvalue weighted by molar-refractivity contribution is 0.617. The van der Waals surface area contributed by atoms with Crippen LogP contribution in [0.2, 0.25) is 0 Å². The molecule has 98 valence electrons.